The minimum absolute atomic E-state index is 0.0531. The van der Waals surface area contributed by atoms with Gasteiger partial charge in [-0.05, 0) is 31.4 Å². The molecule has 3 heteroatoms. The van der Waals surface area contributed by atoms with Crippen LogP contribution in [0.2, 0.25) is 0 Å². The summed E-state index contributed by atoms with van der Waals surface area (Å²) in [5.41, 5.74) is 0.870. The van der Waals surface area contributed by atoms with Crippen LogP contribution in [0.3, 0.4) is 0 Å². The monoisotopic (exact) mass is 179 g/mol. The molecule has 13 heavy (non-hydrogen) atoms. The molecule has 68 valence electrons. The number of rotatable bonds is 2. The molecule has 1 saturated carbocycles. The summed E-state index contributed by atoms with van der Waals surface area (Å²) in [7, 11) is 0. The van der Waals surface area contributed by atoms with E-state index in [1.807, 2.05) is 0 Å². The number of aromatic nitrogens is 1. The van der Waals surface area contributed by atoms with Crippen molar-refractivity contribution in [1.29, 1.82) is 0 Å². The highest BCUT2D eigenvalue weighted by molar-refractivity contribution is 6.00. The fourth-order valence-corrected chi connectivity index (χ4v) is 1.37. The second-order valence-electron chi connectivity index (χ2n) is 3.43. The first-order valence-electron chi connectivity index (χ1n) is 4.35. The van der Waals surface area contributed by atoms with Gasteiger partial charge in [0.05, 0.1) is 5.56 Å². The lowest BCUT2D eigenvalue weighted by molar-refractivity contribution is 0.0962. The Morgan fingerprint density at radius 2 is 2.31 bits per heavy atom. The third-order valence-corrected chi connectivity index (χ3v) is 2.31. The van der Waals surface area contributed by atoms with Gasteiger partial charge in [0.1, 0.15) is 0 Å². The van der Waals surface area contributed by atoms with Crippen molar-refractivity contribution in [3.63, 3.8) is 0 Å². The molecule has 2 rings (SSSR count). The Bertz CT molecular complexity index is 338. The summed E-state index contributed by atoms with van der Waals surface area (Å²) >= 11 is 0. The predicted octanol–water partition coefficient (Wildman–Crippen LogP) is 2.12. The van der Waals surface area contributed by atoms with E-state index < -0.39 is 5.95 Å². The van der Waals surface area contributed by atoms with Crippen molar-refractivity contribution < 1.29 is 9.18 Å². The van der Waals surface area contributed by atoms with Crippen molar-refractivity contribution in [1.82, 2.24) is 4.98 Å². The number of halogens is 1. The molecule has 0 aliphatic heterocycles. The number of Topliss-reactive ketones (excluding diaryl/α,β-unsaturated/α-hetero) is 1. The van der Waals surface area contributed by atoms with E-state index in [-0.39, 0.29) is 17.3 Å². The van der Waals surface area contributed by atoms with Gasteiger partial charge < -0.3 is 0 Å². The third-order valence-electron chi connectivity index (χ3n) is 2.31. The third kappa shape index (κ3) is 1.46. The maximum Gasteiger partial charge on any atom is 0.223 e. The minimum atomic E-state index is -0.628. The quantitative estimate of drug-likeness (QED) is 0.514. The molecule has 1 aromatic rings. The lowest BCUT2D eigenvalue weighted by Gasteiger charge is -2.03. The van der Waals surface area contributed by atoms with E-state index >= 15 is 0 Å². The van der Waals surface area contributed by atoms with Crippen LogP contribution in [-0.2, 0) is 0 Å². The highest BCUT2D eigenvalue weighted by atomic mass is 19.1. The van der Waals surface area contributed by atoms with E-state index in [1.54, 1.807) is 13.0 Å². The van der Waals surface area contributed by atoms with Crippen LogP contribution in [0.25, 0.3) is 0 Å². The number of pyridine rings is 1. The van der Waals surface area contributed by atoms with Crippen LogP contribution in [-0.4, -0.2) is 10.8 Å². The maximum absolute atomic E-state index is 13.2. The molecule has 1 heterocycles. The van der Waals surface area contributed by atoms with Crippen LogP contribution >= 0.6 is 0 Å². The second kappa shape index (κ2) is 2.91. The molecule has 0 N–H and O–H groups in total. The summed E-state index contributed by atoms with van der Waals surface area (Å²) in [6.45, 7) is 1.74. The SMILES string of the molecule is Cc1ccnc(F)c1C(=O)C1CC1. The lowest BCUT2D eigenvalue weighted by atomic mass is 10.0. The summed E-state index contributed by atoms with van der Waals surface area (Å²) in [4.78, 5) is 15.1. The molecule has 0 unspecified atom stereocenters. The van der Waals surface area contributed by atoms with E-state index in [0.717, 1.165) is 12.8 Å². The molecule has 2 nitrogen and oxygen atoms in total. The molecule has 0 radical (unpaired) electrons. The standard InChI is InChI=1S/C10H10FNO/c1-6-4-5-12-10(11)8(6)9(13)7-2-3-7/h4-5,7H,2-3H2,1H3. The van der Waals surface area contributed by atoms with Gasteiger partial charge in [-0.3, -0.25) is 4.79 Å². The highest BCUT2D eigenvalue weighted by Gasteiger charge is 2.33. The van der Waals surface area contributed by atoms with Gasteiger partial charge in [-0.1, -0.05) is 0 Å². The molecule has 1 fully saturated rings. The second-order valence-corrected chi connectivity index (χ2v) is 3.43. The summed E-state index contributed by atoms with van der Waals surface area (Å²) in [5, 5.41) is 0. The number of hydrogen-bond donors (Lipinski definition) is 0. The number of carbonyl (C=O) groups excluding carboxylic acids is 1. The average molecular weight is 179 g/mol. The van der Waals surface area contributed by atoms with Gasteiger partial charge in [0.25, 0.3) is 0 Å². The van der Waals surface area contributed by atoms with Gasteiger partial charge in [0.2, 0.25) is 5.95 Å². The molecule has 0 spiro atoms. The number of ketones is 1. The number of hydrogen-bond acceptors (Lipinski definition) is 2. The van der Waals surface area contributed by atoms with Crippen LogP contribution in [0.15, 0.2) is 12.3 Å². The van der Waals surface area contributed by atoms with Crippen LogP contribution in [0, 0.1) is 18.8 Å². The Labute approximate surface area is 75.8 Å². The van der Waals surface area contributed by atoms with Crippen molar-refractivity contribution in [2.24, 2.45) is 5.92 Å². The summed E-state index contributed by atoms with van der Waals surface area (Å²) < 4.78 is 13.2. The van der Waals surface area contributed by atoms with Crippen molar-refractivity contribution in [2.75, 3.05) is 0 Å². The van der Waals surface area contributed by atoms with Gasteiger partial charge in [0, 0.05) is 12.1 Å². The molecule has 1 aliphatic rings. The molecule has 0 saturated heterocycles. The molecular weight excluding hydrogens is 169 g/mol. The van der Waals surface area contributed by atoms with Gasteiger partial charge in [-0.15, -0.1) is 0 Å². The summed E-state index contributed by atoms with van der Waals surface area (Å²) in [6, 6.07) is 1.67. The summed E-state index contributed by atoms with van der Waals surface area (Å²) in [5.74, 6) is -0.655. The molecule has 0 amide bonds. The fourth-order valence-electron chi connectivity index (χ4n) is 1.37. The van der Waals surface area contributed by atoms with Crippen molar-refractivity contribution >= 4 is 5.78 Å². The van der Waals surface area contributed by atoms with E-state index in [9.17, 15) is 9.18 Å². The number of aryl methyl sites for hydroxylation is 1. The maximum atomic E-state index is 13.2. The van der Waals surface area contributed by atoms with Crippen LogP contribution in [0.4, 0.5) is 4.39 Å². The zero-order chi connectivity index (χ0) is 9.42. The van der Waals surface area contributed by atoms with Crippen molar-refractivity contribution in [2.45, 2.75) is 19.8 Å². The van der Waals surface area contributed by atoms with Crippen LogP contribution in [0.1, 0.15) is 28.8 Å². The Kier molecular flexibility index (Phi) is 1.87. The van der Waals surface area contributed by atoms with E-state index in [0.29, 0.717) is 5.56 Å². The first kappa shape index (κ1) is 8.35. The highest BCUT2D eigenvalue weighted by Crippen LogP contribution is 2.33. The molecule has 0 atom stereocenters. The van der Waals surface area contributed by atoms with Gasteiger partial charge in [0.15, 0.2) is 5.78 Å². The Morgan fingerprint density at radius 3 is 2.85 bits per heavy atom. The number of nitrogens with zero attached hydrogens (tertiary/aromatic N) is 1. The van der Waals surface area contributed by atoms with E-state index in [2.05, 4.69) is 4.98 Å². The van der Waals surface area contributed by atoms with E-state index in [4.69, 9.17) is 0 Å². The van der Waals surface area contributed by atoms with Crippen molar-refractivity contribution in [3.8, 4) is 0 Å². The molecule has 1 aromatic heterocycles. The molecule has 0 aromatic carbocycles. The molecular formula is C10H10FNO. The zero-order valence-corrected chi connectivity index (χ0v) is 7.38. The van der Waals surface area contributed by atoms with Crippen LogP contribution < -0.4 is 0 Å². The average Bonchev–Trinajstić information content (AvgIpc) is 2.85. The Morgan fingerprint density at radius 1 is 1.62 bits per heavy atom. The topological polar surface area (TPSA) is 30.0 Å². The molecule has 1 aliphatic carbocycles. The lowest BCUT2D eigenvalue weighted by Crippen LogP contribution is -2.08. The predicted molar refractivity (Wildman–Crippen MR) is 46.0 cm³/mol. The Hall–Kier alpha value is -1.25. The fraction of sp³-hybridized carbons (Fsp3) is 0.400. The van der Waals surface area contributed by atoms with Crippen LogP contribution in [0.5, 0.6) is 0 Å². The Balaban J connectivity index is 2.42. The van der Waals surface area contributed by atoms with Gasteiger partial charge in [-0.25, -0.2) is 4.98 Å². The normalized spacial score (nSPS) is 15.8. The largest absolute Gasteiger partial charge is 0.294 e. The smallest absolute Gasteiger partial charge is 0.223 e. The van der Waals surface area contributed by atoms with Gasteiger partial charge >= 0.3 is 0 Å². The zero-order valence-electron chi connectivity index (χ0n) is 7.38. The first-order valence-corrected chi connectivity index (χ1v) is 4.35. The van der Waals surface area contributed by atoms with E-state index in [1.165, 1.54) is 6.20 Å². The minimum Gasteiger partial charge on any atom is -0.294 e. The van der Waals surface area contributed by atoms with Gasteiger partial charge in [-0.2, -0.15) is 4.39 Å². The summed E-state index contributed by atoms with van der Waals surface area (Å²) in [6.07, 6.45) is 3.17. The first-order chi connectivity index (χ1) is 6.20. The molecule has 0 bridgehead atoms. The number of carbonyl (C=O) groups is 1. The van der Waals surface area contributed by atoms with Crippen molar-refractivity contribution in [3.05, 3.63) is 29.3 Å².